The number of piperidine rings is 1. The van der Waals surface area contributed by atoms with Crippen LogP contribution in [-0.2, 0) is 19.6 Å². The summed E-state index contributed by atoms with van der Waals surface area (Å²) < 4.78 is 25.6. The van der Waals surface area contributed by atoms with E-state index in [9.17, 15) is 18.0 Å². The van der Waals surface area contributed by atoms with Crippen molar-refractivity contribution in [3.05, 3.63) is 0 Å². The molecule has 0 bridgehead atoms. The maximum Gasteiger partial charge on any atom is 0.308 e. The molecule has 0 radical (unpaired) electrons. The number of carboxylic acids is 1. The van der Waals surface area contributed by atoms with Gasteiger partial charge < -0.3 is 10.4 Å². The van der Waals surface area contributed by atoms with Crippen molar-refractivity contribution in [1.29, 1.82) is 0 Å². The van der Waals surface area contributed by atoms with E-state index in [-0.39, 0.29) is 24.1 Å². The Labute approximate surface area is 132 Å². The lowest BCUT2D eigenvalue weighted by Crippen LogP contribution is -2.44. The van der Waals surface area contributed by atoms with Crippen molar-refractivity contribution in [3.8, 4) is 0 Å². The summed E-state index contributed by atoms with van der Waals surface area (Å²) in [7, 11) is -3.21. The maximum atomic E-state index is 12.1. The number of carbonyl (C=O) groups excluding carboxylic acids is 1. The van der Waals surface area contributed by atoms with Crippen molar-refractivity contribution >= 4 is 21.9 Å². The van der Waals surface area contributed by atoms with Gasteiger partial charge in [0.05, 0.1) is 11.7 Å². The van der Waals surface area contributed by atoms with Crippen molar-refractivity contribution < 1.29 is 23.1 Å². The van der Waals surface area contributed by atoms with Crippen LogP contribution >= 0.6 is 0 Å². The monoisotopic (exact) mass is 334 g/mol. The molecule has 0 aromatic heterocycles. The molecule has 22 heavy (non-hydrogen) atoms. The van der Waals surface area contributed by atoms with E-state index in [1.807, 2.05) is 6.92 Å². The molecule has 0 aromatic rings. The van der Waals surface area contributed by atoms with Gasteiger partial charge in [-0.3, -0.25) is 9.59 Å². The molecule has 8 heteroatoms. The molecule has 128 valence electrons. The highest BCUT2D eigenvalue weighted by atomic mass is 32.2. The zero-order valence-corrected chi connectivity index (χ0v) is 14.1. The van der Waals surface area contributed by atoms with E-state index in [1.54, 1.807) is 0 Å². The molecule has 0 saturated carbocycles. The number of nitrogens with one attached hydrogen (secondary N) is 1. The number of aliphatic carboxylic acids is 1. The van der Waals surface area contributed by atoms with Crippen LogP contribution < -0.4 is 5.32 Å². The van der Waals surface area contributed by atoms with Gasteiger partial charge >= 0.3 is 5.97 Å². The minimum Gasteiger partial charge on any atom is -0.481 e. The molecular weight excluding hydrogens is 308 g/mol. The minimum atomic E-state index is -3.21. The molecule has 2 N–H and O–H groups in total. The first-order valence-electron chi connectivity index (χ1n) is 7.76. The van der Waals surface area contributed by atoms with Gasteiger partial charge in [-0.25, -0.2) is 12.7 Å². The van der Waals surface area contributed by atoms with E-state index in [0.717, 1.165) is 6.42 Å². The van der Waals surface area contributed by atoms with Gasteiger partial charge in [-0.15, -0.1) is 0 Å². The van der Waals surface area contributed by atoms with E-state index in [0.29, 0.717) is 32.4 Å². The quantitative estimate of drug-likeness (QED) is 0.679. The number of amides is 1. The van der Waals surface area contributed by atoms with Gasteiger partial charge in [0.2, 0.25) is 15.9 Å². The van der Waals surface area contributed by atoms with Crippen LogP contribution in [0.15, 0.2) is 0 Å². The third-order valence-corrected chi connectivity index (χ3v) is 5.93. The van der Waals surface area contributed by atoms with Crippen LogP contribution in [0.3, 0.4) is 0 Å². The average Bonchev–Trinajstić information content (AvgIpc) is 2.50. The highest BCUT2D eigenvalue weighted by Gasteiger charge is 2.30. The van der Waals surface area contributed by atoms with Gasteiger partial charge in [0.25, 0.3) is 0 Å². The second-order valence-corrected chi connectivity index (χ2v) is 7.92. The van der Waals surface area contributed by atoms with Crippen LogP contribution in [0, 0.1) is 11.8 Å². The summed E-state index contributed by atoms with van der Waals surface area (Å²) in [4.78, 5) is 22.7. The summed E-state index contributed by atoms with van der Waals surface area (Å²) in [5.74, 6) is -1.83. The smallest absolute Gasteiger partial charge is 0.308 e. The Hall–Kier alpha value is -1.15. The first-order chi connectivity index (χ1) is 10.3. The first kappa shape index (κ1) is 18.9. The molecule has 1 atom stereocenters. The van der Waals surface area contributed by atoms with Crippen molar-refractivity contribution in [3.63, 3.8) is 0 Å². The van der Waals surface area contributed by atoms with Crippen LogP contribution in [0.4, 0.5) is 0 Å². The molecule has 1 aliphatic rings. The second kappa shape index (κ2) is 8.47. The standard InChI is InChI=1S/C14H26N2O5S/c1-3-4-9-22(20,21)16-7-5-12(6-8-16)13(17)15-10-11(2)14(18)19/h11-12H,3-10H2,1-2H3,(H,15,17)(H,18,19). The number of carboxylic acid groups (broad SMARTS) is 1. The van der Waals surface area contributed by atoms with Crippen molar-refractivity contribution in [2.75, 3.05) is 25.4 Å². The van der Waals surface area contributed by atoms with E-state index in [1.165, 1.54) is 11.2 Å². The molecule has 1 unspecified atom stereocenters. The lowest BCUT2D eigenvalue weighted by molar-refractivity contribution is -0.141. The first-order valence-corrected chi connectivity index (χ1v) is 9.37. The van der Waals surface area contributed by atoms with E-state index in [2.05, 4.69) is 5.32 Å². The number of sulfonamides is 1. The molecule has 1 amide bonds. The predicted molar refractivity (Wildman–Crippen MR) is 82.8 cm³/mol. The third-order valence-electron chi connectivity index (χ3n) is 3.98. The Morgan fingerprint density at radius 2 is 1.91 bits per heavy atom. The lowest BCUT2D eigenvalue weighted by Gasteiger charge is -2.30. The van der Waals surface area contributed by atoms with Crippen LogP contribution in [0.2, 0.25) is 0 Å². The topological polar surface area (TPSA) is 104 Å². The highest BCUT2D eigenvalue weighted by molar-refractivity contribution is 7.89. The number of hydrogen-bond donors (Lipinski definition) is 2. The van der Waals surface area contributed by atoms with E-state index in [4.69, 9.17) is 5.11 Å². The lowest BCUT2D eigenvalue weighted by atomic mass is 9.97. The molecule has 1 aliphatic heterocycles. The van der Waals surface area contributed by atoms with Crippen molar-refractivity contribution in [1.82, 2.24) is 9.62 Å². The Kier molecular flexibility index (Phi) is 7.28. The fourth-order valence-electron chi connectivity index (χ4n) is 2.34. The average molecular weight is 334 g/mol. The zero-order valence-electron chi connectivity index (χ0n) is 13.2. The molecular formula is C14H26N2O5S. The fraction of sp³-hybridized carbons (Fsp3) is 0.857. The van der Waals surface area contributed by atoms with Gasteiger partial charge in [-0.2, -0.15) is 0 Å². The number of hydrogen-bond acceptors (Lipinski definition) is 4. The molecule has 1 fully saturated rings. The van der Waals surface area contributed by atoms with Crippen molar-refractivity contribution in [2.45, 2.75) is 39.5 Å². The van der Waals surface area contributed by atoms with Gasteiger partial charge in [-0.05, 0) is 19.3 Å². The summed E-state index contributed by atoms with van der Waals surface area (Å²) >= 11 is 0. The van der Waals surface area contributed by atoms with Crippen LogP contribution in [0.5, 0.6) is 0 Å². The van der Waals surface area contributed by atoms with Gasteiger partial charge in [0.1, 0.15) is 0 Å². The Morgan fingerprint density at radius 1 is 1.32 bits per heavy atom. The minimum absolute atomic E-state index is 0.100. The van der Waals surface area contributed by atoms with Crippen LogP contribution in [-0.4, -0.2) is 55.1 Å². The molecule has 0 spiro atoms. The zero-order chi connectivity index (χ0) is 16.8. The summed E-state index contributed by atoms with van der Waals surface area (Å²) in [6.45, 7) is 4.30. The van der Waals surface area contributed by atoms with Gasteiger partial charge in [0.15, 0.2) is 0 Å². The predicted octanol–water partition coefficient (Wildman–Crippen LogP) is 0.665. The van der Waals surface area contributed by atoms with Crippen LogP contribution in [0.1, 0.15) is 39.5 Å². The van der Waals surface area contributed by atoms with Crippen LogP contribution in [0.25, 0.3) is 0 Å². The Balaban J connectivity index is 2.41. The summed E-state index contributed by atoms with van der Waals surface area (Å²) in [5.41, 5.74) is 0. The number of nitrogens with zero attached hydrogens (tertiary/aromatic N) is 1. The molecule has 1 heterocycles. The Morgan fingerprint density at radius 3 is 2.41 bits per heavy atom. The maximum absolute atomic E-state index is 12.1. The number of unbranched alkanes of at least 4 members (excludes halogenated alkanes) is 1. The summed E-state index contributed by atoms with van der Waals surface area (Å²) in [6, 6.07) is 0. The fourth-order valence-corrected chi connectivity index (χ4v) is 4.02. The molecule has 0 aromatic carbocycles. The highest BCUT2D eigenvalue weighted by Crippen LogP contribution is 2.20. The number of carbonyl (C=O) groups is 2. The SMILES string of the molecule is CCCCS(=O)(=O)N1CCC(C(=O)NCC(C)C(=O)O)CC1. The van der Waals surface area contributed by atoms with E-state index < -0.39 is 21.9 Å². The second-order valence-electron chi connectivity index (χ2n) is 5.83. The van der Waals surface area contributed by atoms with Crippen molar-refractivity contribution in [2.24, 2.45) is 11.8 Å². The summed E-state index contributed by atoms with van der Waals surface area (Å²) in [5, 5.41) is 11.4. The van der Waals surface area contributed by atoms with Gasteiger partial charge in [0, 0.05) is 25.6 Å². The Bertz CT molecular complexity index is 483. The third kappa shape index (κ3) is 5.57. The number of rotatable bonds is 8. The molecule has 0 aliphatic carbocycles. The largest absolute Gasteiger partial charge is 0.481 e. The molecule has 1 saturated heterocycles. The van der Waals surface area contributed by atoms with E-state index >= 15 is 0 Å². The molecule has 7 nitrogen and oxygen atoms in total. The summed E-state index contributed by atoms with van der Waals surface area (Å²) in [6.07, 6.45) is 2.45. The molecule has 1 rings (SSSR count). The normalized spacial score (nSPS) is 18.8. The van der Waals surface area contributed by atoms with Gasteiger partial charge in [-0.1, -0.05) is 20.3 Å².